The van der Waals surface area contributed by atoms with Crippen molar-refractivity contribution in [1.29, 1.82) is 0 Å². The predicted molar refractivity (Wildman–Crippen MR) is 128 cm³/mol. The number of non-ortho nitro benzene ring substituents is 1. The van der Waals surface area contributed by atoms with Crippen LogP contribution in [0.4, 0.5) is 11.4 Å². The molecule has 0 bridgehead atoms. The molecule has 2 N–H and O–H groups in total. The molecule has 0 radical (unpaired) electrons. The number of aromatic nitrogens is 1. The van der Waals surface area contributed by atoms with Gasteiger partial charge in [0.1, 0.15) is 0 Å². The standard InChI is InChI=1S/C24H19N3O7S/c1-15-23(18-9-2-4-11-20(18)25-15)22(28)14-34-24(29)19-10-3-5-12-21(19)26-35(32,33)17-8-6-7-16(13-17)27(30)31/h2-13,25-26H,14H2,1H3. The van der Waals surface area contributed by atoms with Gasteiger partial charge in [0.2, 0.25) is 5.78 Å². The van der Waals surface area contributed by atoms with Crippen molar-refractivity contribution >= 4 is 44.1 Å². The van der Waals surface area contributed by atoms with Gasteiger partial charge in [0.05, 0.1) is 21.1 Å². The minimum atomic E-state index is -4.26. The summed E-state index contributed by atoms with van der Waals surface area (Å²) >= 11 is 0. The molecular weight excluding hydrogens is 474 g/mol. The average molecular weight is 493 g/mol. The molecule has 1 aromatic heterocycles. The van der Waals surface area contributed by atoms with Crippen molar-refractivity contribution in [3.05, 3.63) is 99.7 Å². The van der Waals surface area contributed by atoms with Crippen LogP contribution in [0.5, 0.6) is 0 Å². The quantitative estimate of drug-likeness (QED) is 0.161. The zero-order chi connectivity index (χ0) is 25.2. The smallest absolute Gasteiger partial charge is 0.340 e. The van der Waals surface area contributed by atoms with E-state index < -0.39 is 39.0 Å². The third kappa shape index (κ3) is 4.89. The molecule has 0 fully saturated rings. The first-order valence-electron chi connectivity index (χ1n) is 10.3. The van der Waals surface area contributed by atoms with Crippen LogP contribution >= 0.6 is 0 Å². The van der Waals surface area contributed by atoms with Crippen LogP contribution in [-0.2, 0) is 14.8 Å². The number of esters is 1. The summed E-state index contributed by atoms with van der Waals surface area (Å²) in [4.78, 5) is 38.6. The molecule has 0 unspecified atom stereocenters. The number of nitrogens with zero attached hydrogens (tertiary/aromatic N) is 1. The maximum Gasteiger partial charge on any atom is 0.340 e. The first kappa shape index (κ1) is 23.6. The Hall–Kier alpha value is -4.51. The largest absolute Gasteiger partial charge is 0.454 e. The second kappa shape index (κ2) is 9.39. The Kier molecular flexibility index (Phi) is 6.34. The number of ether oxygens (including phenoxy) is 1. The molecule has 178 valence electrons. The average Bonchev–Trinajstić information content (AvgIpc) is 3.18. The van der Waals surface area contributed by atoms with E-state index in [-0.39, 0.29) is 16.1 Å². The van der Waals surface area contributed by atoms with Gasteiger partial charge in [-0.25, -0.2) is 13.2 Å². The fraction of sp³-hybridized carbons (Fsp3) is 0.0833. The highest BCUT2D eigenvalue weighted by Gasteiger charge is 2.23. The van der Waals surface area contributed by atoms with Gasteiger partial charge in [-0.1, -0.05) is 36.4 Å². The highest BCUT2D eigenvalue weighted by atomic mass is 32.2. The molecule has 0 spiro atoms. The van der Waals surface area contributed by atoms with Gasteiger partial charge in [-0.05, 0) is 31.2 Å². The number of aromatic amines is 1. The molecule has 3 aromatic carbocycles. The highest BCUT2D eigenvalue weighted by Crippen LogP contribution is 2.25. The van der Waals surface area contributed by atoms with E-state index >= 15 is 0 Å². The number of carbonyl (C=O) groups excluding carboxylic acids is 2. The summed E-state index contributed by atoms with van der Waals surface area (Å²) in [6.07, 6.45) is 0. The number of H-pyrrole nitrogens is 1. The Morgan fingerprint density at radius 3 is 2.51 bits per heavy atom. The van der Waals surface area contributed by atoms with E-state index in [2.05, 4.69) is 9.71 Å². The van der Waals surface area contributed by atoms with Crippen molar-refractivity contribution in [2.24, 2.45) is 0 Å². The molecular formula is C24H19N3O7S. The number of hydrogen-bond donors (Lipinski definition) is 2. The number of ketones is 1. The number of nitro benzene ring substituents is 1. The van der Waals surface area contributed by atoms with Crippen molar-refractivity contribution in [3.8, 4) is 0 Å². The van der Waals surface area contributed by atoms with Gasteiger partial charge < -0.3 is 9.72 Å². The lowest BCUT2D eigenvalue weighted by atomic mass is 10.1. The van der Waals surface area contributed by atoms with Crippen LogP contribution in [-0.4, -0.2) is 36.7 Å². The minimum Gasteiger partial charge on any atom is -0.454 e. The first-order valence-corrected chi connectivity index (χ1v) is 11.8. The van der Waals surface area contributed by atoms with Gasteiger partial charge in [0.25, 0.3) is 15.7 Å². The van der Waals surface area contributed by atoms with E-state index in [4.69, 9.17) is 4.74 Å². The Bertz CT molecular complexity index is 1580. The molecule has 4 rings (SSSR count). The van der Waals surface area contributed by atoms with Gasteiger partial charge in [0, 0.05) is 34.3 Å². The van der Waals surface area contributed by atoms with Gasteiger partial charge in [-0.3, -0.25) is 19.6 Å². The van der Waals surface area contributed by atoms with Crippen molar-refractivity contribution in [1.82, 2.24) is 4.98 Å². The number of benzene rings is 3. The number of para-hydroxylation sites is 2. The molecule has 0 saturated carbocycles. The first-order chi connectivity index (χ1) is 16.7. The normalized spacial score (nSPS) is 11.2. The highest BCUT2D eigenvalue weighted by molar-refractivity contribution is 7.92. The summed E-state index contributed by atoms with van der Waals surface area (Å²) in [6, 6.07) is 17.4. The molecule has 0 aliphatic rings. The number of carbonyl (C=O) groups is 2. The Morgan fingerprint density at radius 1 is 1.03 bits per heavy atom. The molecule has 0 saturated heterocycles. The molecule has 35 heavy (non-hydrogen) atoms. The van der Waals surface area contributed by atoms with Gasteiger partial charge in [-0.15, -0.1) is 0 Å². The Balaban J connectivity index is 1.53. The summed E-state index contributed by atoms with van der Waals surface area (Å²) in [5.41, 5.74) is 1.21. The van der Waals surface area contributed by atoms with Crippen LogP contribution in [0.2, 0.25) is 0 Å². The predicted octanol–water partition coefficient (Wildman–Crippen LogP) is 4.23. The third-order valence-electron chi connectivity index (χ3n) is 5.24. The van der Waals surface area contributed by atoms with Gasteiger partial charge >= 0.3 is 5.97 Å². The fourth-order valence-corrected chi connectivity index (χ4v) is 4.75. The van der Waals surface area contributed by atoms with E-state index in [1.54, 1.807) is 19.1 Å². The number of nitrogens with one attached hydrogen (secondary N) is 2. The lowest BCUT2D eigenvalue weighted by Crippen LogP contribution is -2.18. The minimum absolute atomic E-state index is 0.0975. The number of nitro groups is 1. The number of aryl methyl sites for hydroxylation is 1. The molecule has 1 heterocycles. The molecule has 0 amide bonds. The number of sulfonamides is 1. The summed E-state index contributed by atoms with van der Waals surface area (Å²) < 4.78 is 33.0. The van der Waals surface area contributed by atoms with E-state index in [9.17, 15) is 28.1 Å². The summed E-state index contributed by atoms with van der Waals surface area (Å²) in [5.74, 6) is -1.32. The third-order valence-corrected chi connectivity index (χ3v) is 6.60. The zero-order valence-corrected chi connectivity index (χ0v) is 19.2. The van der Waals surface area contributed by atoms with E-state index in [1.807, 2.05) is 12.1 Å². The monoisotopic (exact) mass is 493 g/mol. The van der Waals surface area contributed by atoms with Gasteiger partial charge in [0.15, 0.2) is 6.61 Å². The molecule has 0 aliphatic heterocycles. The maximum absolute atomic E-state index is 12.8. The summed E-state index contributed by atoms with van der Waals surface area (Å²) in [6.45, 7) is 1.19. The van der Waals surface area contributed by atoms with Crippen molar-refractivity contribution in [2.75, 3.05) is 11.3 Å². The molecule has 0 atom stereocenters. The summed E-state index contributed by atoms with van der Waals surface area (Å²) in [7, 11) is -4.26. The zero-order valence-electron chi connectivity index (χ0n) is 18.3. The number of rotatable bonds is 8. The second-order valence-corrected chi connectivity index (χ2v) is 9.26. The van der Waals surface area contributed by atoms with Crippen molar-refractivity contribution in [3.63, 3.8) is 0 Å². The Morgan fingerprint density at radius 2 is 1.74 bits per heavy atom. The number of fused-ring (bicyclic) bond motifs is 1. The second-order valence-electron chi connectivity index (χ2n) is 7.58. The number of anilines is 1. The number of hydrogen-bond acceptors (Lipinski definition) is 7. The van der Waals surface area contributed by atoms with E-state index in [0.29, 0.717) is 16.6 Å². The van der Waals surface area contributed by atoms with E-state index in [0.717, 1.165) is 17.6 Å². The molecule has 11 heteroatoms. The van der Waals surface area contributed by atoms with Crippen LogP contribution in [0.25, 0.3) is 10.9 Å². The molecule has 10 nitrogen and oxygen atoms in total. The lowest BCUT2D eigenvalue weighted by Gasteiger charge is -2.12. The molecule has 0 aliphatic carbocycles. The summed E-state index contributed by atoms with van der Waals surface area (Å²) in [5, 5.41) is 11.7. The Labute approximate surface area is 199 Å². The maximum atomic E-state index is 12.8. The van der Waals surface area contributed by atoms with Crippen LogP contribution in [0.3, 0.4) is 0 Å². The van der Waals surface area contributed by atoms with Crippen LogP contribution in [0.1, 0.15) is 26.4 Å². The molecule has 4 aromatic rings. The van der Waals surface area contributed by atoms with Crippen LogP contribution < -0.4 is 4.72 Å². The fourth-order valence-electron chi connectivity index (χ4n) is 3.64. The number of Topliss-reactive ketones (excluding diaryl/α,β-unsaturated/α-hetero) is 1. The van der Waals surface area contributed by atoms with Crippen LogP contribution in [0, 0.1) is 17.0 Å². The lowest BCUT2D eigenvalue weighted by molar-refractivity contribution is -0.385. The van der Waals surface area contributed by atoms with E-state index in [1.165, 1.54) is 36.4 Å². The van der Waals surface area contributed by atoms with Crippen LogP contribution in [0.15, 0.2) is 77.7 Å². The van der Waals surface area contributed by atoms with Crippen molar-refractivity contribution < 1.29 is 27.7 Å². The van der Waals surface area contributed by atoms with Crippen molar-refractivity contribution in [2.45, 2.75) is 11.8 Å². The topological polar surface area (TPSA) is 148 Å². The van der Waals surface area contributed by atoms with Gasteiger partial charge in [-0.2, -0.15) is 0 Å². The SMILES string of the molecule is Cc1[nH]c2ccccc2c1C(=O)COC(=O)c1ccccc1NS(=O)(=O)c1cccc([N+](=O)[O-])c1.